The van der Waals surface area contributed by atoms with E-state index in [1.165, 1.54) is 6.92 Å². The molecule has 6 aliphatic rings. The van der Waals surface area contributed by atoms with E-state index in [2.05, 4.69) is 11.7 Å². The molecule has 0 N–H and O–H groups in total. The van der Waals surface area contributed by atoms with Crippen molar-refractivity contribution in [2.45, 2.75) is 96.3 Å². The molecule has 6 fully saturated rings. The van der Waals surface area contributed by atoms with Crippen molar-refractivity contribution >= 4 is 0 Å². The van der Waals surface area contributed by atoms with Crippen molar-refractivity contribution in [3.8, 4) is 5.75 Å². The van der Waals surface area contributed by atoms with Gasteiger partial charge in [0.1, 0.15) is 5.41 Å². The van der Waals surface area contributed by atoms with Crippen LogP contribution in [0.5, 0.6) is 5.75 Å². The SMILES string of the molecule is Cc1ccc(OC(F)(F)C23CCC(C45CCC(C)(CC4)CC5)(CC2)C(F)(F)C3F)c(F)c1F. The second-order valence-corrected chi connectivity index (χ2v) is 11.4. The highest BCUT2D eigenvalue weighted by Crippen LogP contribution is 2.78. The van der Waals surface area contributed by atoms with Gasteiger partial charge in [0.15, 0.2) is 17.7 Å². The van der Waals surface area contributed by atoms with Gasteiger partial charge in [0.05, 0.1) is 0 Å². The van der Waals surface area contributed by atoms with E-state index in [-0.39, 0.29) is 23.8 Å². The third-order valence-corrected chi connectivity index (χ3v) is 10.1. The highest BCUT2D eigenvalue weighted by Gasteiger charge is 2.82. The zero-order valence-corrected chi connectivity index (χ0v) is 18.9. The number of halogens is 7. The van der Waals surface area contributed by atoms with Gasteiger partial charge in [-0.2, -0.15) is 13.2 Å². The Balaban J connectivity index is 1.49. The molecule has 0 amide bonds. The van der Waals surface area contributed by atoms with E-state index in [4.69, 9.17) is 0 Å². The van der Waals surface area contributed by atoms with E-state index in [1.54, 1.807) is 0 Å². The highest BCUT2D eigenvalue weighted by atomic mass is 19.3. The summed E-state index contributed by atoms with van der Waals surface area (Å²) in [5, 5.41) is 0. The van der Waals surface area contributed by atoms with Crippen LogP contribution in [0.15, 0.2) is 12.1 Å². The standard InChI is InChI=1S/C25H29F7O/c1-15-3-4-16(18(27)17(15)26)33-25(31,32)22-11-13-23(14-12-22,24(29,30)19(22)28)21-8-5-20(2,6-9-21)7-10-21/h3-4,19H,5-14H2,1-2H3. The normalized spacial score (nSPS) is 41.9. The average Bonchev–Trinajstić information content (AvgIpc) is 2.78. The molecule has 0 spiro atoms. The van der Waals surface area contributed by atoms with E-state index < -0.39 is 64.7 Å². The topological polar surface area (TPSA) is 9.23 Å². The Morgan fingerprint density at radius 1 is 0.848 bits per heavy atom. The first-order valence-electron chi connectivity index (χ1n) is 11.8. The first-order valence-corrected chi connectivity index (χ1v) is 11.8. The fraction of sp³-hybridized carbons (Fsp3) is 0.760. The van der Waals surface area contributed by atoms with Crippen molar-refractivity contribution in [2.75, 3.05) is 0 Å². The molecule has 0 aliphatic heterocycles. The Morgan fingerprint density at radius 2 is 1.39 bits per heavy atom. The third kappa shape index (κ3) is 2.78. The van der Waals surface area contributed by atoms with E-state index in [0.29, 0.717) is 19.3 Å². The highest BCUT2D eigenvalue weighted by molar-refractivity contribution is 5.31. The lowest BCUT2D eigenvalue weighted by Gasteiger charge is -2.69. The Bertz CT molecular complexity index is 939. The molecule has 6 saturated carbocycles. The summed E-state index contributed by atoms with van der Waals surface area (Å²) in [6, 6.07) is 1.87. The number of hydrogen-bond donors (Lipinski definition) is 0. The Hall–Kier alpha value is -1.47. The van der Waals surface area contributed by atoms with Crippen LogP contribution in [0.4, 0.5) is 30.7 Å². The lowest BCUT2D eigenvalue weighted by molar-refractivity contribution is -0.384. The second kappa shape index (κ2) is 6.81. The van der Waals surface area contributed by atoms with Crippen LogP contribution >= 0.6 is 0 Å². The first-order chi connectivity index (χ1) is 15.3. The Morgan fingerprint density at radius 3 is 1.94 bits per heavy atom. The minimum Gasteiger partial charge on any atom is -0.429 e. The van der Waals surface area contributed by atoms with Gasteiger partial charge < -0.3 is 4.74 Å². The predicted molar refractivity (Wildman–Crippen MR) is 108 cm³/mol. The smallest absolute Gasteiger partial charge is 0.406 e. The monoisotopic (exact) mass is 478 g/mol. The molecular weight excluding hydrogens is 449 g/mol. The molecule has 0 aromatic heterocycles. The van der Waals surface area contributed by atoms with Gasteiger partial charge in [-0.15, -0.1) is 0 Å². The quantitative estimate of drug-likeness (QED) is 0.397. The summed E-state index contributed by atoms with van der Waals surface area (Å²) in [5.41, 5.74) is -5.18. The number of rotatable bonds is 4. The summed E-state index contributed by atoms with van der Waals surface area (Å²) in [6.45, 7) is 3.40. The predicted octanol–water partition coefficient (Wildman–Crippen LogP) is 8.14. The van der Waals surface area contributed by atoms with Gasteiger partial charge in [-0.05, 0) is 93.6 Å². The first kappa shape index (κ1) is 23.3. The van der Waals surface area contributed by atoms with Crippen LogP contribution in [0, 0.1) is 40.2 Å². The molecule has 7 rings (SSSR count). The van der Waals surface area contributed by atoms with Gasteiger partial charge >= 0.3 is 6.11 Å². The van der Waals surface area contributed by atoms with Crippen molar-refractivity contribution in [1.29, 1.82) is 0 Å². The summed E-state index contributed by atoms with van der Waals surface area (Å²) in [4.78, 5) is 0. The molecule has 1 aromatic carbocycles. The Labute approximate surface area is 189 Å². The van der Waals surface area contributed by atoms with Gasteiger partial charge in [0, 0.05) is 5.41 Å². The van der Waals surface area contributed by atoms with Crippen LogP contribution in [0.2, 0.25) is 0 Å². The molecule has 1 atom stereocenters. The number of benzene rings is 1. The maximum atomic E-state index is 15.9. The van der Waals surface area contributed by atoms with Gasteiger partial charge in [0.2, 0.25) is 5.82 Å². The summed E-state index contributed by atoms with van der Waals surface area (Å²) >= 11 is 0. The van der Waals surface area contributed by atoms with Crippen LogP contribution < -0.4 is 4.74 Å². The molecule has 0 radical (unpaired) electrons. The summed E-state index contributed by atoms with van der Waals surface area (Å²) < 4.78 is 111. The number of alkyl halides is 5. The van der Waals surface area contributed by atoms with Crippen molar-refractivity contribution in [3.05, 3.63) is 29.3 Å². The van der Waals surface area contributed by atoms with Gasteiger partial charge in [-0.3, -0.25) is 0 Å². The molecule has 1 unspecified atom stereocenters. The summed E-state index contributed by atoms with van der Waals surface area (Å²) in [5.74, 6) is -8.07. The molecular formula is C25H29F7O. The molecule has 184 valence electrons. The van der Waals surface area contributed by atoms with Crippen LogP contribution in [0.25, 0.3) is 0 Å². The molecule has 0 heterocycles. The maximum absolute atomic E-state index is 15.9. The largest absolute Gasteiger partial charge is 0.429 e. The van der Waals surface area contributed by atoms with Crippen LogP contribution in [0.1, 0.15) is 76.7 Å². The van der Waals surface area contributed by atoms with E-state index in [9.17, 15) is 8.78 Å². The molecule has 1 nitrogen and oxygen atoms in total. The lowest BCUT2D eigenvalue weighted by atomic mass is 9.37. The van der Waals surface area contributed by atoms with Crippen LogP contribution in [-0.4, -0.2) is 18.2 Å². The molecule has 6 aliphatic carbocycles. The fourth-order valence-corrected chi connectivity index (χ4v) is 7.66. The summed E-state index contributed by atoms with van der Waals surface area (Å²) in [7, 11) is 0. The van der Waals surface area contributed by atoms with Crippen molar-refractivity contribution in [1.82, 2.24) is 0 Å². The van der Waals surface area contributed by atoms with Crippen molar-refractivity contribution < 1.29 is 35.5 Å². The lowest BCUT2D eigenvalue weighted by Crippen LogP contribution is -2.73. The van der Waals surface area contributed by atoms with Crippen LogP contribution in [0.3, 0.4) is 0 Å². The second-order valence-electron chi connectivity index (χ2n) is 11.4. The molecule has 8 heteroatoms. The van der Waals surface area contributed by atoms with Crippen LogP contribution in [-0.2, 0) is 0 Å². The Kier molecular flexibility index (Phi) is 4.80. The minimum atomic E-state index is -4.43. The summed E-state index contributed by atoms with van der Waals surface area (Å²) in [6.07, 6.45) is -4.87. The van der Waals surface area contributed by atoms with Gasteiger partial charge in [-0.25, -0.2) is 17.6 Å². The van der Waals surface area contributed by atoms with Gasteiger partial charge in [-0.1, -0.05) is 13.0 Å². The number of ether oxygens (including phenoxy) is 1. The zero-order chi connectivity index (χ0) is 24.1. The molecule has 1 aromatic rings. The molecule has 4 bridgehead atoms. The van der Waals surface area contributed by atoms with Gasteiger partial charge in [0.25, 0.3) is 5.92 Å². The fourth-order valence-electron chi connectivity index (χ4n) is 7.66. The zero-order valence-electron chi connectivity index (χ0n) is 18.9. The average molecular weight is 478 g/mol. The van der Waals surface area contributed by atoms with Crippen molar-refractivity contribution in [3.63, 3.8) is 0 Å². The third-order valence-electron chi connectivity index (χ3n) is 10.1. The van der Waals surface area contributed by atoms with Crippen molar-refractivity contribution in [2.24, 2.45) is 21.7 Å². The molecule has 0 saturated heterocycles. The minimum absolute atomic E-state index is 0.119. The van der Waals surface area contributed by atoms with E-state index in [1.807, 2.05) is 0 Å². The maximum Gasteiger partial charge on any atom is 0.406 e. The van der Waals surface area contributed by atoms with E-state index >= 15 is 22.0 Å². The number of aryl methyl sites for hydroxylation is 1. The molecule has 33 heavy (non-hydrogen) atoms. The van der Waals surface area contributed by atoms with E-state index in [0.717, 1.165) is 31.4 Å². The number of fused-ring (bicyclic) bond motifs is 6. The number of hydrogen-bond acceptors (Lipinski definition) is 1.